The summed E-state index contributed by atoms with van der Waals surface area (Å²) in [6, 6.07) is 22.7. The molecule has 2 heterocycles. The molecule has 0 bridgehead atoms. The van der Waals surface area contributed by atoms with E-state index in [4.69, 9.17) is 23.2 Å². The van der Waals surface area contributed by atoms with Crippen LogP contribution >= 0.6 is 35.6 Å². The molecule has 5 rings (SSSR count). The van der Waals surface area contributed by atoms with E-state index in [0.717, 1.165) is 37.6 Å². The van der Waals surface area contributed by atoms with Crippen molar-refractivity contribution in [2.24, 2.45) is 0 Å². The second-order valence-electron chi connectivity index (χ2n) is 9.10. The van der Waals surface area contributed by atoms with Gasteiger partial charge in [0.15, 0.2) is 0 Å². The molecule has 37 heavy (non-hydrogen) atoms. The number of benzene rings is 3. The van der Waals surface area contributed by atoms with Crippen LogP contribution < -0.4 is 9.80 Å². The maximum atomic E-state index is 13.2. The van der Waals surface area contributed by atoms with Crippen LogP contribution in [0.4, 0.5) is 11.4 Å². The van der Waals surface area contributed by atoms with Crippen molar-refractivity contribution in [2.75, 3.05) is 62.2 Å². The van der Waals surface area contributed by atoms with E-state index in [1.54, 1.807) is 24.3 Å². The Morgan fingerprint density at radius 2 is 0.919 bits per heavy atom. The van der Waals surface area contributed by atoms with E-state index in [1.807, 2.05) is 58.3 Å². The predicted molar refractivity (Wildman–Crippen MR) is 153 cm³/mol. The highest BCUT2D eigenvalue weighted by Gasteiger charge is 2.25. The van der Waals surface area contributed by atoms with Crippen molar-refractivity contribution >= 4 is 58.8 Å². The number of hydrogen-bond acceptors (Lipinski definition) is 4. The molecule has 2 aliphatic heterocycles. The van der Waals surface area contributed by atoms with Crippen LogP contribution in [0.5, 0.6) is 0 Å². The van der Waals surface area contributed by atoms with Crippen molar-refractivity contribution in [2.45, 2.75) is 0 Å². The van der Waals surface area contributed by atoms with Crippen molar-refractivity contribution in [3.8, 4) is 0 Å². The molecule has 0 spiro atoms. The molecule has 0 N–H and O–H groups in total. The average Bonchev–Trinajstić information content (AvgIpc) is 2.92. The molecule has 3 aromatic carbocycles. The third-order valence-electron chi connectivity index (χ3n) is 6.84. The summed E-state index contributed by atoms with van der Waals surface area (Å²) in [5.74, 6) is -0.0812. The fourth-order valence-corrected chi connectivity index (χ4v) is 5.20. The summed E-state index contributed by atoms with van der Waals surface area (Å²) in [6.07, 6.45) is 0. The molecule has 0 saturated carbocycles. The van der Waals surface area contributed by atoms with Gasteiger partial charge in [0, 0.05) is 84.9 Å². The van der Waals surface area contributed by atoms with Crippen molar-refractivity contribution in [3.63, 3.8) is 0 Å². The molecule has 0 aliphatic carbocycles. The standard InChI is InChI=1S/C28H28Cl2N4O2.ClH/c29-23-6-2-8-25(19-23)31-10-14-33(15-11-31)27(35)21-4-1-5-22(18-21)28(36)34-16-12-32(13-17-34)26-9-3-7-24(30)20-26;/h1-9,18-20H,10-17H2;1H. The zero-order valence-corrected chi connectivity index (χ0v) is 22.7. The number of piperazine rings is 2. The first-order chi connectivity index (χ1) is 17.5. The van der Waals surface area contributed by atoms with Gasteiger partial charge >= 0.3 is 0 Å². The van der Waals surface area contributed by atoms with Gasteiger partial charge in [0.05, 0.1) is 0 Å². The minimum atomic E-state index is -0.0406. The Morgan fingerprint density at radius 1 is 0.541 bits per heavy atom. The highest BCUT2D eigenvalue weighted by atomic mass is 35.5. The van der Waals surface area contributed by atoms with Crippen LogP contribution in [0, 0.1) is 0 Å². The average molecular weight is 560 g/mol. The van der Waals surface area contributed by atoms with Crippen LogP contribution in [-0.4, -0.2) is 74.0 Å². The summed E-state index contributed by atoms with van der Waals surface area (Å²) in [6.45, 7) is 5.43. The fourth-order valence-electron chi connectivity index (χ4n) is 4.83. The number of carbonyl (C=O) groups is 2. The number of rotatable bonds is 4. The second kappa shape index (κ2) is 12.1. The van der Waals surface area contributed by atoms with Gasteiger partial charge in [-0.15, -0.1) is 12.4 Å². The maximum absolute atomic E-state index is 13.2. The zero-order chi connectivity index (χ0) is 25.1. The largest absolute Gasteiger partial charge is 0.368 e. The molecule has 6 nitrogen and oxygen atoms in total. The van der Waals surface area contributed by atoms with Crippen molar-refractivity contribution in [1.29, 1.82) is 0 Å². The highest BCUT2D eigenvalue weighted by molar-refractivity contribution is 6.31. The third-order valence-corrected chi connectivity index (χ3v) is 7.31. The molecular weight excluding hydrogens is 531 g/mol. The summed E-state index contributed by atoms with van der Waals surface area (Å²) >= 11 is 12.3. The lowest BCUT2D eigenvalue weighted by Crippen LogP contribution is -2.49. The van der Waals surface area contributed by atoms with Crippen LogP contribution in [0.3, 0.4) is 0 Å². The molecular formula is C28H29Cl3N4O2. The summed E-state index contributed by atoms with van der Waals surface area (Å²) in [5.41, 5.74) is 3.24. The van der Waals surface area contributed by atoms with Gasteiger partial charge in [-0.1, -0.05) is 41.4 Å². The molecule has 194 valence electrons. The lowest BCUT2D eigenvalue weighted by molar-refractivity contribution is 0.0745. The molecule has 0 aromatic heterocycles. The van der Waals surface area contributed by atoms with Crippen LogP contribution in [0.1, 0.15) is 20.7 Å². The van der Waals surface area contributed by atoms with E-state index in [9.17, 15) is 9.59 Å². The number of hydrogen-bond donors (Lipinski definition) is 0. The Balaban J connectivity index is 0.00000320. The molecule has 2 fully saturated rings. The van der Waals surface area contributed by atoms with E-state index < -0.39 is 0 Å². The second-order valence-corrected chi connectivity index (χ2v) is 9.97. The van der Waals surface area contributed by atoms with E-state index in [1.165, 1.54) is 0 Å². The summed E-state index contributed by atoms with van der Waals surface area (Å²) < 4.78 is 0. The third kappa shape index (κ3) is 6.32. The van der Waals surface area contributed by atoms with E-state index in [0.29, 0.717) is 47.4 Å². The number of halogens is 3. The van der Waals surface area contributed by atoms with Gasteiger partial charge < -0.3 is 19.6 Å². The Hall–Kier alpha value is -2.93. The van der Waals surface area contributed by atoms with E-state index >= 15 is 0 Å². The van der Waals surface area contributed by atoms with Crippen LogP contribution in [0.15, 0.2) is 72.8 Å². The van der Waals surface area contributed by atoms with Gasteiger partial charge in [-0.2, -0.15) is 0 Å². The minimum absolute atomic E-state index is 0. The van der Waals surface area contributed by atoms with E-state index in [-0.39, 0.29) is 24.2 Å². The van der Waals surface area contributed by atoms with Crippen molar-refractivity contribution < 1.29 is 9.59 Å². The smallest absolute Gasteiger partial charge is 0.253 e. The summed E-state index contributed by atoms with van der Waals surface area (Å²) in [7, 11) is 0. The van der Waals surface area contributed by atoms with Crippen LogP contribution in [-0.2, 0) is 0 Å². The lowest BCUT2D eigenvalue weighted by atomic mass is 10.1. The fraction of sp³-hybridized carbons (Fsp3) is 0.286. The molecule has 0 radical (unpaired) electrons. The SMILES string of the molecule is Cl.O=C(c1cccc(C(=O)N2CCN(c3cccc(Cl)c3)CC2)c1)N1CCN(c2cccc(Cl)c2)CC1. The number of carbonyl (C=O) groups excluding carboxylic acids is 2. The molecule has 9 heteroatoms. The van der Waals surface area contributed by atoms with E-state index in [2.05, 4.69) is 9.80 Å². The van der Waals surface area contributed by atoms with Gasteiger partial charge in [0.25, 0.3) is 11.8 Å². The first kappa shape index (κ1) is 27.1. The van der Waals surface area contributed by atoms with Gasteiger partial charge in [-0.25, -0.2) is 0 Å². The monoisotopic (exact) mass is 558 g/mol. The first-order valence-corrected chi connectivity index (χ1v) is 12.9. The zero-order valence-electron chi connectivity index (χ0n) is 20.4. The molecule has 3 aromatic rings. The Morgan fingerprint density at radius 3 is 1.30 bits per heavy atom. The van der Waals surface area contributed by atoms with Gasteiger partial charge in [-0.3, -0.25) is 9.59 Å². The summed E-state index contributed by atoms with van der Waals surface area (Å²) in [4.78, 5) is 34.6. The maximum Gasteiger partial charge on any atom is 0.253 e. The van der Waals surface area contributed by atoms with Gasteiger partial charge in [-0.05, 0) is 54.6 Å². The van der Waals surface area contributed by atoms with Crippen molar-refractivity contribution in [3.05, 3.63) is 94.0 Å². The normalized spacial score (nSPS) is 15.8. The number of nitrogens with zero attached hydrogens (tertiary/aromatic N) is 4. The molecule has 2 saturated heterocycles. The molecule has 2 amide bonds. The lowest BCUT2D eigenvalue weighted by Gasteiger charge is -2.36. The predicted octanol–water partition coefficient (Wildman–Crippen LogP) is 5.34. The number of amides is 2. The highest BCUT2D eigenvalue weighted by Crippen LogP contribution is 2.23. The van der Waals surface area contributed by atoms with Crippen LogP contribution in [0.25, 0.3) is 0 Å². The van der Waals surface area contributed by atoms with Gasteiger partial charge in [0.1, 0.15) is 0 Å². The number of anilines is 2. The Kier molecular flexibility index (Phi) is 8.85. The topological polar surface area (TPSA) is 47.1 Å². The quantitative estimate of drug-likeness (QED) is 0.433. The summed E-state index contributed by atoms with van der Waals surface area (Å²) in [5, 5.41) is 1.41. The molecule has 0 unspecified atom stereocenters. The van der Waals surface area contributed by atoms with Crippen molar-refractivity contribution in [1.82, 2.24) is 9.80 Å². The minimum Gasteiger partial charge on any atom is -0.368 e. The van der Waals surface area contributed by atoms with Gasteiger partial charge in [0.2, 0.25) is 0 Å². The first-order valence-electron chi connectivity index (χ1n) is 12.2. The molecule has 0 atom stereocenters. The van der Waals surface area contributed by atoms with Crippen LogP contribution in [0.2, 0.25) is 10.0 Å². The Bertz CT molecular complexity index is 1160. The Labute approximate surface area is 233 Å². The molecule has 2 aliphatic rings.